The van der Waals surface area contributed by atoms with Gasteiger partial charge in [-0.05, 0) is 38.1 Å². The molecule has 1 rings (SSSR count). The highest BCUT2D eigenvalue weighted by molar-refractivity contribution is 6.04. The molecule has 0 bridgehead atoms. The maximum atomic E-state index is 13.9. The van der Waals surface area contributed by atoms with Crippen molar-refractivity contribution in [2.24, 2.45) is 0 Å². The molecule has 0 aliphatic heterocycles. The molecule has 0 amide bonds. The molecular formula is C12H12F2O2. The fourth-order valence-corrected chi connectivity index (χ4v) is 1.45. The Bertz CT molecular complexity index is 408. The largest absolute Gasteiger partial charge is 0.300 e. The average molecular weight is 226 g/mol. The van der Waals surface area contributed by atoms with Crippen molar-refractivity contribution in [3.8, 4) is 0 Å². The SMILES string of the molecule is CC(=O)CC(C)(F)C(=O)c1ccc(F)cc1. The van der Waals surface area contributed by atoms with E-state index in [9.17, 15) is 18.4 Å². The van der Waals surface area contributed by atoms with Crippen LogP contribution in [0, 0.1) is 5.82 Å². The summed E-state index contributed by atoms with van der Waals surface area (Å²) in [6.45, 7) is 2.27. The predicted molar refractivity (Wildman–Crippen MR) is 55.5 cm³/mol. The molecule has 16 heavy (non-hydrogen) atoms. The van der Waals surface area contributed by atoms with Crippen molar-refractivity contribution in [3.05, 3.63) is 35.6 Å². The lowest BCUT2D eigenvalue weighted by Gasteiger charge is -2.17. The summed E-state index contributed by atoms with van der Waals surface area (Å²) in [6, 6.07) is 4.57. The van der Waals surface area contributed by atoms with Gasteiger partial charge in [-0.15, -0.1) is 0 Å². The van der Waals surface area contributed by atoms with E-state index in [-0.39, 0.29) is 5.56 Å². The second-order valence-corrected chi connectivity index (χ2v) is 3.91. The number of benzene rings is 1. The second kappa shape index (κ2) is 4.51. The predicted octanol–water partition coefficient (Wildman–Crippen LogP) is 2.72. The molecule has 0 N–H and O–H groups in total. The van der Waals surface area contributed by atoms with Crippen molar-refractivity contribution in [2.45, 2.75) is 25.9 Å². The maximum absolute atomic E-state index is 13.9. The fourth-order valence-electron chi connectivity index (χ4n) is 1.45. The summed E-state index contributed by atoms with van der Waals surface area (Å²) in [7, 11) is 0. The molecule has 1 unspecified atom stereocenters. The minimum absolute atomic E-state index is 0.0626. The maximum Gasteiger partial charge on any atom is 0.200 e. The van der Waals surface area contributed by atoms with E-state index in [1.807, 2.05) is 0 Å². The zero-order chi connectivity index (χ0) is 12.3. The van der Waals surface area contributed by atoms with Gasteiger partial charge in [-0.25, -0.2) is 8.78 Å². The highest BCUT2D eigenvalue weighted by Crippen LogP contribution is 2.22. The molecule has 0 saturated heterocycles. The van der Waals surface area contributed by atoms with Crippen molar-refractivity contribution in [1.29, 1.82) is 0 Å². The summed E-state index contributed by atoms with van der Waals surface area (Å²) in [5, 5.41) is 0. The van der Waals surface area contributed by atoms with Crippen LogP contribution in [0.25, 0.3) is 0 Å². The van der Waals surface area contributed by atoms with Gasteiger partial charge in [0.05, 0.1) is 0 Å². The van der Waals surface area contributed by atoms with E-state index < -0.39 is 29.5 Å². The molecule has 4 heteroatoms. The van der Waals surface area contributed by atoms with Crippen LogP contribution in [0.3, 0.4) is 0 Å². The number of halogens is 2. The van der Waals surface area contributed by atoms with Crippen molar-refractivity contribution >= 4 is 11.6 Å². The highest BCUT2D eigenvalue weighted by atomic mass is 19.1. The molecule has 1 atom stereocenters. The summed E-state index contributed by atoms with van der Waals surface area (Å²) in [5.41, 5.74) is -2.17. The molecular weight excluding hydrogens is 214 g/mol. The zero-order valence-electron chi connectivity index (χ0n) is 9.09. The Morgan fingerprint density at radius 3 is 2.19 bits per heavy atom. The third-order valence-corrected chi connectivity index (χ3v) is 2.16. The Hall–Kier alpha value is -1.58. The molecule has 1 aromatic rings. The van der Waals surface area contributed by atoms with E-state index in [4.69, 9.17) is 0 Å². The number of carbonyl (C=O) groups is 2. The molecule has 0 aliphatic carbocycles. The van der Waals surface area contributed by atoms with Crippen LogP contribution in [0.2, 0.25) is 0 Å². The lowest BCUT2D eigenvalue weighted by atomic mass is 9.92. The summed E-state index contributed by atoms with van der Waals surface area (Å²) in [5.74, 6) is -1.70. The van der Waals surface area contributed by atoms with Gasteiger partial charge < -0.3 is 0 Å². The summed E-state index contributed by atoms with van der Waals surface area (Å²) >= 11 is 0. The molecule has 0 aromatic heterocycles. The Kier molecular flexibility index (Phi) is 3.52. The highest BCUT2D eigenvalue weighted by Gasteiger charge is 2.34. The molecule has 0 radical (unpaired) electrons. The first-order chi connectivity index (χ1) is 7.33. The second-order valence-electron chi connectivity index (χ2n) is 3.91. The molecule has 0 heterocycles. The number of Topliss-reactive ketones (excluding diaryl/α,β-unsaturated/α-hetero) is 2. The van der Waals surface area contributed by atoms with E-state index in [1.54, 1.807) is 0 Å². The average Bonchev–Trinajstić information content (AvgIpc) is 2.16. The van der Waals surface area contributed by atoms with Gasteiger partial charge >= 0.3 is 0 Å². The van der Waals surface area contributed by atoms with Crippen LogP contribution in [0.15, 0.2) is 24.3 Å². The van der Waals surface area contributed by atoms with Crippen LogP contribution in [0.5, 0.6) is 0 Å². The molecule has 0 fully saturated rings. The van der Waals surface area contributed by atoms with Gasteiger partial charge in [-0.3, -0.25) is 9.59 Å². The number of ketones is 2. The smallest absolute Gasteiger partial charge is 0.200 e. The van der Waals surface area contributed by atoms with Crippen LogP contribution in [0.1, 0.15) is 30.6 Å². The number of carbonyl (C=O) groups excluding carboxylic acids is 2. The number of hydrogen-bond acceptors (Lipinski definition) is 2. The normalized spacial score (nSPS) is 14.2. The summed E-state index contributed by atoms with van der Waals surface area (Å²) in [4.78, 5) is 22.5. The first-order valence-corrected chi connectivity index (χ1v) is 4.81. The first kappa shape index (κ1) is 12.5. The number of alkyl halides is 1. The first-order valence-electron chi connectivity index (χ1n) is 4.81. The van der Waals surface area contributed by atoms with E-state index >= 15 is 0 Å². The van der Waals surface area contributed by atoms with Gasteiger partial charge in [-0.2, -0.15) is 0 Å². The van der Waals surface area contributed by atoms with Gasteiger partial charge in [0.15, 0.2) is 11.5 Å². The standard InChI is InChI=1S/C12H12F2O2/c1-8(15)7-12(2,14)11(16)9-3-5-10(13)6-4-9/h3-6H,7H2,1-2H3. The lowest BCUT2D eigenvalue weighted by Crippen LogP contribution is -2.32. The van der Waals surface area contributed by atoms with E-state index in [0.717, 1.165) is 19.1 Å². The van der Waals surface area contributed by atoms with E-state index in [0.29, 0.717) is 0 Å². The van der Waals surface area contributed by atoms with Crippen LogP contribution in [0.4, 0.5) is 8.78 Å². The Morgan fingerprint density at radius 1 is 1.25 bits per heavy atom. The Labute approximate surface area is 92.3 Å². The van der Waals surface area contributed by atoms with Crippen molar-refractivity contribution in [2.75, 3.05) is 0 Å². The third kappa shape index (κ3) is 2.95. The topological polar surface area (TPSA) is 34.1 Å². The summed E-state index contributed by atoms with van der Waals surface area (Å²) in [6.07, 6.45) is -0.469. The zero-order valence-corrected chi connectivity index (χ0v) is 9.09. The van der Waals surface area contributed by atoms with Gasteiger partial charge in [0, 0.05) is 12.0 Å². The van der Waals surface area contributed by atoms with Crippen molar-refractivity contribution in [1.82, 2.24) is 0 Å². The molecule has 86 valence electrons. The Morgan fingerprint density at radius 2 is 1.75 bits per heavy atom. The quantitative estimate of drug-likeness (QED) is 0.740. The van der Waals surface area contributed by atoms with E-state index in [1.165, 1.54) is 19.1 Å². The Balaban J connectivity index is 2.93. The van der Waals surface area contributed by atoms with Gasteiger partial charge in [0.25, 0.3) is 0 Å². The molecule has 0 saturated carbocycles. The van der Waals surface area contributed by atoms with Gasteiger partial charge in [-0.1, -0.05) is 0 Å². The van der Waals surface area contributed by atoms with Crippen LogP contribution >= 0.6 is 0 Å². The summed E-state index contributed by atoms with van der Waals surface area (Å²) < 4.78 is 26.5. The molecule has 0 aliphatic rings. The van der Waals surface area contributed by atoms with E-state index in [2.05, 4.69) is 0 Å². The minimum atomic E-state index is -2.23. The van der Waals surface area contributed by atoms with Crippen molar-refractivity contribution in [3.63, 3.8) is 0 Å². The van der Waals surface area contributed by atoms with Crippen LogP contribution in [-0.4, -0.2) is 17.2 Å². The van der Waals surface area contributed by atoms with Gasteiger partial charge in [0.1, 0.15) is 11.6 Å². The number of rotatable bonds is 4. The molecule has 2 nitrogen and oxygen atoms in total. The number of hydrogen-bond donors (Lipinski definition) is 0. The fraction of sp³-hybridized carbons (Fsp3) is 0.333. The minimum Gasteiger partial charge on any atom is -0.300 e. The van der Waals surface area contributed by atoms with Crippen molar-refractivity contribution < 1.29 is 18.4 Å². The lowest BCUT2D eigenvalue weighted by molar-refractivity contribution is -0.118. The molecule has 0 spiro atoms. The van der Waals surface area contributed by atoms with Crippen LogP contribution in [-0.2, 0) is 4.79 Å². The monoisotopic (exact) mass is 226 g/mol. The van der Waals surface area contributed by atoms with Gasteiger partial charge in [0.2, 0.25) is 0 Å². The molecule has 1 aromatic carbocycles. The third-order valence-electron chi connectivity index (χ3n) is 2.16. The van der Waals surface area contributed by atoms with Crippen LogP contribution < -0.4 is 0 Å².